The van der Waals surface area contributed by atoms with E-state index in [4.69, 9.17) is 0 Å². The first-order valence-electron chi connectivity index (χ1n) is 7.31. The molecule has 0 aliphatic carbocycles. The number of benzene rings is 1. The van der Waals surface area contributed by atoms with Crippen LogP contribution >= 0.6 is 0 Å². The van der Waals surface area contributed by atoms with Gasteiger partial charge in [-0.05, 0) is 31.4 Å². The average Bonchev–Trinajstić information content (AvgIpc) is 2.42. The third-order valence-electron chi connectivity index (χ3n) is 3.79. The van der Waals surface area contributed by atoms with E-state index in [1.165, 1.54) is 31.2 Å². The van der Waals surface area contributed by atoms with E-state index in [-0.39, 0.29) is 5.88 Å². The number of rotatable bonds is 6. The van der Waals surface area contributed by atoms with Crippen molar-refractivity contribution in [2.75, 3.05) is 0 Å². The van der Waals surface area contributed by atoms with Gasteiger partial charge < -0.3 is 5.11 Å². The molecule has 0 aliphatic rings. The number of aromatic nitrogens is 1. The largest absolute Gasteiger partial charge is 0.493 e. The van der Waals surface area contributed by atoms with Crippen LogP contribution in [-0.2, 0) is 6.42 Å². The van der Waals surface area contributed by atoms with Crippen molar-refractivity contribution < 1.29 is 5.11 Å². The summed E-state index contributed by atoms with van der Waals surface area (Å²) in [5.74, 6) is 0.215. The minimum absolute atomic E-state index is 0.215. The van der Waals surface area contributed by atoms with E-state index >= 15 is 0 Å². The lowest BCUT2D eigenvalue weighted by Crippen LogP contribution is -1.95. The van der Waals surface area contributed by atoms with Crippen LogP contribution in [0.1, 0.15) is 50.2 Å². The molecule has 0 fully saturated rings. The Labute approximate surface area is 115 Å². The smallest absolute Gasteiger partial charge is 0.214 e. The molecule has 0 radical (unpaired) electrons. The Bertz CT molecular complexity index is 548. The topological polar surface area (TPSA) is 33.1 Å². The van der Waals surface area contributed by atoms with Crippen molar-refractivity contribution in [2.24, 2.45) is 0 Å². The Hall–Kier alpha value is -1.57. The Morgan fingerprint density at radius 3 is 2.58 bits per heavy atom. The van der Waals surface area contributed by atoms with Crippen molar-refractivity contribution in [2.45, 2.75) is 52.4 Å². The number of hydrogen-bond donors (Lipinski definition) is 1. The minimum Gasteiger partial charge on any atom is -0.493 e. The van der Waals surface area contributed by atoms with Crippen molar-refractivity contribution in [3.05, 3.63) is 35.4 Å². The number of hydrogen-bond acceptors (Lipinski definition) is 2. The van der Waals surface area contributed by atoms with Gasteiger partial charge in [-0.2, -0.15) is 0 Å². The Morgan fingerprint density at radius 1 is 1.05 bits per heavy atom. The highest BCUT2D eigenvalue weighted by Gasteiger charge is 2.10. The normalized spacial score (nSPS) is 11.1. The number of aryl methyl sites for hydroxylation is 1. The third kappa shape index (κ3) is 3.25. The number of para-hydroxylation sites is 1. The molecule has 0 atom stereocenters. The summed E-state index contributed by atoms with van der Waals surface area (Å²) in [5, 5.41) is 11.2. The molecule has 2 heteroatoms. The minimum atomic E-state index is 0.215. The van der Waals surface area contributed by atoms with Gasteiger partial charge in [0.2, 0.25) is 5.88 Å². The quantitative estimate of drug-likeness (QED) is 0.757. The van der Waals surface area contributed by atoms with Crippen molar-refractivity contribution in [3.63, 3.8) is 0 Å². The van der Waals surface area contributed by atoms with Crippen LogP contribution in [0.3, 0.4) is 0 Å². The number of aromatic hydroxyl groups is 1. The van der Waals surface area contributed by atoms with E-state index < -0.39 is 0 Å². The molecular weight excluding hydrogens is 234 g/mol. The van der Waals surface area contributed by atoms with E-state index in [9.17, 15) is 5.11 Å². The summed E-state index contributed by atoms with van der Waals surface area (Å²) in [6.45, 7) is 4.31. The molecule has 0 aliphatic heterocycles. The van der Waals surface area contributed by atoms with Crippen LogP contribution in [0.4, 0.5) is 0 Å². The summed E-state index contributed by atoms with van der Waals surface area (Å²) in [4.78, 5) is 4.31. The monoisotopic (exact) mass is 257 g/mol. The van der Waals surface area contributed by atoms with Crippen molar-refractivity contribution in [3.8, 4) is 5.88 Å². The first-order valence-corrected chi connectivity index (χ1v) is 7.31. The molecule has 1 heterocycles. The summed E-state index contributed by atoms with van der Waals surface area (Å²) < 4.78 is 0. The van der Waals surface area contributed by atoms with Crippen LogP contribution in [0.15, 0.2) is 24.3 Å². The molecule has 1 aromatic carbocycles. The van der Waals surface area contributed by atoms with Crippen molar-refractivity contribution in [1.82, 2.24) is 4.98 Å². The van der Waals surface area contributed by atoms with Crippen LogP contribution in [0.2, 0.25) is 0 Å². The fourth-order valence-corrected chi connectivity index (χ4v) is 2.60. The molecule has 1 aromatic heterocycles. The molecule has 1 N–H and O–H groups in total. The fraction of sp³-hybridized carbons (Fsp3) is 0.471. The van der Waals surface area contributed by atoms with Gasteiger partial charge in [0.05, 0.1) is 5.52 Å². The molecule has 19 heavy (non-hydrogen) atoms. The van der Waals surface area contributed by atoms with Gasteiger partial charge in [-0.3, -0.25) is 0 Å². The lowest BCUT2D eigenvalue weighted by molar-refractivity contribution is 0.446. The maximum absolute atomic E-state index is 10.1. The van der Waals surface area contributed by atoms with Crippen LogP contribution in [0.5, 0.6) is 5.88 Å². The van der Waals surface area contributed by atoms with Gasteiger partial charge in [-0.15, -0.1) is 0 Å². The van der Waals surface area contributed by atoms with Crippen LogP contribution in [-0.4, -0.2) is 10.1 Å². The summed E-state index contributed by atoms with van der Waals surface area (Å²) in [6.07, 6.45) is 7.16. The summed E-state index contributed by atoms with van der Waals surface area (Å²) in [5.41, 5.74) is 3.08. The highest BCUT2D eigenvalue weighted by atomic mass is 16.3. The van der Waals surface area contributed by atoms with Gasteiger partial charge in [0.25, 0.3) is 0 Å². The predicted octanol–water partition coefficient (Wildman–Crippen LogP) is 4.76. The van der Waals surface area contributed by atoms with Crippen LogP contribution < -0.4 is 0 Å². The van der Waals surface area contributed by atoms with E-state index in [1.807, 2.05) is 18.2 Å². The fourth-order valence-electron chi connectivity index (χ4n) is 2.60. The number of fused-ring (bicyclic) bond motifs is 1. The number of nitrogens with zero attached hydrogens (tertiary/aromatic N) is 1. The number of unbranched alkanes of at least 4 members (excludes halogenated alkanes) is 4. The van der Waals surface area contributed by atoms with E-state index in [0.29, 0.717) is 0 Å². The van der Waals surface area contributed by atoms with Gasteiger partial charge in [0, 0.05) is 10.9 Å². The van der Waals surface area contributed by atoms with Gasteiger partial charge in [-0.25, -0.2) is 4.98 Å². The van der Waals surface area contributed by atoms with E-state index in [0.717, 1.165) is 29.3 Å². The Morgan fingerprint density at radius 2 is 1.79 bits per heavy atom. The second kappa shape index (κ2) is 6.55. The summed E-state index contributed by atoms with van der Waals surface area (Å²) in [7, 11) is 0. The lowest BCUT2D eigenvalue weighted by atomic mass is 9.99. The molecule has 2 aromatic rings. The van der Waals surface area contributed by atoms with Gasteiger partial charge >= 0.3 is 0 Å². The third-order valence-corrected chi connectivity index (χ3v) is 3.79. The summed E-state index contributed by atoms with van der Waals surface area (Å²) >= 11 is 0. The molecular formula is C17H23NO. The Balaban J connectivity index is 2.14. The van der Waals surface area contributed by atoms with Crippen LogP contribution in [0.25, 0.3) is 10.9 Å². The molecule has 0 spiro atoms. The van der Waals surface area contributed by atoms with Gasteiger partial charge in [0.15, 0.2) is 0 Å². The second-order valence-corrected chi connectivity index (χ2v) is 5.22. The highest BCUT2D eigenvalue weighted by molar-refractivity contribution is 5.83. The first kappa shape index (κ1) is 13.9. The van der Waals surface area contributed by atoms with Crippen molar-refractivity contribution >= 4 is 10.9 Å². The molecule has 0 saturated carbocycles. The molecule has 2 rings (SSSR count). The standard InChI is InChI=1S/C17H23NO/c1-3-4-5-6-7-11-15-13(2)14-10-8-9-12-16(14)18-17(15)19/h8-10,12H,3-7,11H2,1-2H3,(H,18,19). The zero-order valence-corrected chi connectivity index (χ0v) is 11.9. The predicted molar refractivity (Wildman–Crippen MR) is 80.6 cm³/mol. The SMILES string of the molecule is CCCCCCCc1c(O)nc2ccccc2c1C. The van der Waals surface area contributed by atoms with Crippen LogP contribution in [0, 0.1) is 6.92 Å². The maximum atomic E-state index is 10.1. The number of pyridine rings is 1. The first-order chi connectivity index (χ1) is 9.24. The zero-order valence-electron chi connectivity index (χ0n) is 11.9. The molecule has 0 saturated heterocycles. The summed E-state index contributed by atoms with van der Waals surface area (Å²) in [6, 6.07) is 8.02. The molecule has 0 amide bonds. The zero-order chi connectivity index (χ0) is 13.7. The second-order valence-electron chi connectivity index (χ2n) is 5.22. The average molecular weight is 257 g/mol. The molecule has 0 unspecified atom stereocenters. The lowest BCUT2D eigenvalue weighted by Gasteiger charge is -2.11. The Kier molecular flexibility index (Phi) is 4.78. The van der Waals surface area contributed by atoms with E-state index in [1.54, 1.807) is 0 Å². The van der Waals surface area contributed by atoms with Gasteiger partial charge in [0.1, 0.15) is 0 Å². The molecule has 102 valence electrons. The molecule has 2 nitrogen and oxygen atoms in total. The maximum Gasteiger partial charge on any atom is 0.214 e. The van der Waals surface area contributed by atoms with Gasteiger partial charge in [-0.1, -0.05) is 50.8 Å². The molecule has 0 bridgehead atoms. The highest BCUT2D eigenvalue weighted by Crippen LogP contribution is 2.28. The van der Waals surface area contributed by atoms with E-state index in [2.05, 4.69) is 24.9 Å². The van der Waals surface area contributed by atoms with Crippen molar-refractivity contribution in [1.29, 1.82) is 0 Å².